The van der Waals surface area contributed by atoms with Gasteiger partial charge in [-0.15, -0.1) is 0 Å². The van der Waals surface area contributed by atoms with E-state index in [-0.39, 0.29) is 18.1 Å². The summed E-state index contributed by atoms with van der Waals surface area (Å²) in [5.41, 5.74) is -0.656. The maximum absolute atomic E-state index is 14.3. The second kappa shape index (κ2) is 8.50. The average Bonchev–Trinajstić information content (AvgIpc) is 2.55. The molecule has 1 fully saturated rings. The lowest BCUT2D eigenvalue weighted by Gasteiger charge is -2.39. The number of rotatable bonds is 7. The maximum atomic E-state index is 14.3. The van der Waals surface area contributed by atoms with Crippen molar-refractivity contribution in [2.24, 2.45) is 0 Å². The van der Waals surface area contributed by atoms with Crippen LogP contribution in [-0.2, 0) is 24.5 Å². The summed E-state index contributed by atoms with van der Waals surface area (Å²) in [7, 11) is 1.54. The summed E-state index contributed by atoms with van der Waals surface area (Å²) >= 11 is 0. The molecule has 1 saturated heterocycles. The molecule has 1 N–H and O–H groups in total. The van der Waals surface area contributed by atoms with E-state index in [1.165, 1.54) is 12.1 Å². The third kappa shape index (κ3) is 4.49. The second-order valence-electron chi connectivity index (χ2n) is 5.81. The minimum absolute atomic E-state index is 0.268. The Morgan fingerprint density at radius 2 is 2.04 bits per heavy atom. The number of benzene rings is 1. The molecule has 0 radical (unpaired) electrons. The SMILES string of the molecule is COCCO[C@H](C)C(=O)NC1(c2ccc(F)cc2F)CCOCC1. The smallest absolute Gasteiger partial charge is 0.249 e. The number of carbonyl (C=O) groups is 1. The van der Waals surface area contributed by atoms with Crippen molar-refractivity contribution in [3.8, 4) is 0 Å². The molecule has 0 unspecified atom stereocenters. The lowest BCUT2D eigenvalue weighted by atomic mass is 9.82. The molecule has 24 heavy (non-hydrogen) atoms. The van der Waals surface area contributed by atoms with Gasteiger partial charge in [0.15, 0.2) is 0 Å². The molecule has 1 aromatic rings. The quantitative estimate of drug-likeness (QED) is 0.771. The van der Waals surface area contributed by atoms with Crippen molar-refractivity contribution in [2.75, 3.05) is 33.5 Å². The van der Waals surface area contributed by atoms with E-state index in [1.807, 2.05) is 0 Å². The highest BCUT2D eigenvalue weighted by Gasteiger charge is 2.39. The highest BCUT2D eigenvalue weighted by molar-refractivity contribution is 5.81. The first-order valence-corrected chi connectivity index (χ1v) is 7.94. The number of carbonyl (C=O) groups excluding carboxylic acids is 1. The van der Waals surface area contributed by atoms with Crippen LogP contribution >= 0.6 is 0 Å². The van der Waals surface area contributed by atoms with Crippen LogP contribution < -0.4 is 5.32 Å². The van der Waals surface area contributed by atoms with Crippen molar-refractivity contribution in [3.63, 3.8) is 0 Å². The zero-order chi connectivity index (χ0) is 17.6. The Balaban J connectivity index is 2.17. The summed E-state index contributed by atoms with van der Waals surface area (Å²) in [5, 5.41) is 2.89. The number of nitrogens with one attached hydrogen (secondary N) is 1. The molecule has 0 aliphatic carbocycles. The van der Waals surface area contributed by atoms with E-state index >= 15 is 0 Å². The fraction of sp³-hybridized carbons (Fsp3) is 0.588. The van der Waals surface area contributed by atoms with Gasteiger partial charge in [0.25, 0.3) is 0 Å². The Morgan fingerprint density at radius 1 is 1.33 bits per heavy atom. The minimum atomic E-state index is -0.925. The first-order valence-electron chi connectivity index (χ1n) is 7.94. The van der Waals surface area contributed by atoms with E-state index in [2.05, 4.69) is 5.32 Å². The van der Waals surface area contributed by atoms with Crippen LogP contribution in [0.1, 0.15) is 25.3 Å². The van der Waals surface area contributed by atoms with Gasteiger partial charge in [0, 0.05) is 32.0 Å². The first-order chi connectivity index (χ1) is 11.5. The number of hydrogen-bond donors (Lipinski definition) is 1. The second-order valence-corrected chi connectivity index (χ2v) is 5.81. The molecule has 0 aromatic heterocycles. The van der Waals surface area contributed by atoms with Crippen LogP contribution in [0.5, 0.6) is 0 Å². The van der Waals surface area contributed by atoms with Gasteiger partial charge in [-0.25, -0.2) is 8.78 Å². The summed E-state index contributed by atoms with van der Waals surface area (Å²) < 4.78 is 43.1. The maximum Gasteiger partial charge on any atom is 0.249 e. The minimum Gasteiger partial charge on any atom is -0.382 e. The van der Waals surface area contributed by atoms with Gasteiger partial charge >= 0.3 is 0 Å². The normalized spacial score (nSPS) is 18.2. The third-order valence-corrected chi connectivity index (χ3v) is 4.18. The van der Waals surface area contributed by atoms with Gasteiger partial charge in [-0.3, -0.25) is 4.79 Å². The largest absolute Gasteiger partial charge is 0.382 e. The highest BCUT2D eigenvalue weighted by Crippen LogP contribution is 2.34. The van der Waals surface area contributed by atoms with Crippen LogP contribution in [0.2, 0.25) is 0 Å². The molecule has 1 aliphatic heterocycles. The highest BCUT2D eigenvalue weighted by atomic mass is 19.1. The van der Waals surface area contributed by atoms with Crippen LogP contribution in [0.15, 0.2) is 18.2 Å². The van der Waals surface area contributed by atoms with Gasteiger partial charge in [-0.2, -0.15) is 0 Å². The lowest BCUT2D eigenvalue weighted by molar-refractivity contribution is -0.136. The molecule has 1 aromatic carbocycles. The van der Waals surface area contributed by atoms with Gasteiger partial charge in [-0.1, -0.05) is 6.07 Å². The standard InChI is InChI=1S/C17H23F2NO4/c1-12(24-10-9-22-2)16(21)20-17(5-7-23-8-6-17)14-4-3-13(18)11-15(14)19/h3-4,11-12H,5-10H2,1-2H3,(H,20,21)/t12-/m1/s1. The Morgan fingerprint density at radius 3 is 2.67 bits per heavy atom. The van der Waals surface area contributed by atoms with Gasteiger partial charge < -0.3 is 19.5 Å². The molecule has 134 valence electrons. The molecular formula is C17H23F2NO4. The summed E-state index contributed by atoms with van der Waals surface area (Å²) in [6.45, 7) is 3.06. The number of methoxy groups -OCH3 is 1. The van der Waals surface area contributed by atoms with E-state index in [4.69, 9.17) is 14.2 Å². The number of hydrogen-bond acceptors (Lipinski definition) is 4. The summed E-state index contributed by atoms with van der Waals surface area (Å²) in [5.74, 6) is -1.68. The van der Waals surface area contributed by atoms with E-state index < -0.39 is 23.3 Å². The Bertz CT molecular complexity index is 562. The van der Waals surface area contributed by atoms with Gasteiger partial charge in [0.1, 0.15) is 17.7 Å². The summed E-state index contributed by atoms with van der Waals surface area (Å²) in [4.78, 5) is 12.4. The number of halogens is 2. The predicted molar refractivity (Wildman–Crippen MR) is 83.5 cm³/mol. The Hall–Kier alpha value is -1.57. The fourth-order valence-corrected chi connectivity index (χ4v) is 2.78. The summed E-state index contributed by atoms with van der Waals surface area (Å²) in [6.07, 6.45) is 0.112. The van der Waals surface area contributed by atoms with E-state index in [0.717, 1.165) is 6.07 Å². The predicted octanol–water partition coefficient (Wildman–Crippen LogP) is 2.14. The monoisotopic (exact) mass is 343 g/mol. The molecule has 0 spiro atoms. The average molecular weight is 343 g/mol. The third-order valence-electron chi connectivity index (χ3n) is 4.18. The van der Waals surface area contributed by atoms with Gasteiger partial charge in [0.2, 0.25) is 5.91 Å². The van der Waals surface area contributed by atoms with Crippen molar-refractivity contribution in [1.29, 1.82) is 0 Å². The number of amides is 1. The van der Waals surface area contributed by atoms with E-state index in [0.29, 0.717) is 32.7 Å². The molecule has 1 aliphatic rings. The fourth-order valence-electron chi connectivity index (χ4n) is 2.78. The van der Waals surface area contributed by atoms with Gasteiger partial charge in [0.05, 0.1) is 18.8 Å². The molecule has 0 bridgehead atoms. The van der Waals surface area contributed by atoms with Crippen molar-refractivity contribution in [2.45, 2.75) is 31.4 Å². The van der Waals surface area contributed by atoms with Crippen molar-refractivity contribution < 1.29 is 27.8 Å². The zero-order valence-corrected chi connectivity index (χ0v) is 13.9. The van der Waals surface area contributed by atoms with Crippen LogP contribution in [-0.4, -0.2) is 45.5 Å². The van der Waals surface area contributed by atoms with Crippen molar-refractivity contribution in [1.82, 2.24) is 5.32 Å². The molecule has 7 heteroatoms. The van der Waals surface area contributed by atoms with Crippen molar-refractivity contribution in [3.05, 3.63) is 35.4 Å². The zero-order valence-electron chi connectivity index (χ0n) is 13.9. The molecule has 1 amide bonds. The lowest BCUT2D eigenvalue weighted by Crippen LogP contribution is -2.52. The molecule has 5 nitrogen and oxygen atoms in total. The molecule has 1 heterocycles. The van der Waals surface area contributed by atoms with E-state index in [1.54, 1.807) is 14.0 Å². The molecule has 0 saturated carbocycles. The van der Waals surface area contributed by atoms with Crippen LogP contribution in [0.4, 0.5) is 8.78 Å². The first kappa shape index (κ1) is 18.8. The van der Waals surface area contributed by atoms with Crippen molar-refractivity contribution >= 4 is 5.91 Å². The van der Waals surface area contributed by atoms with Crippen LogP contribution in [0, 0.1) is 11.6 Å². The van der Waals surface area contributed by atoms with Crippen LogP contribution in [0.25, 0.3) is 0 Å². The topological polar surface area (TPSA) is 56.8 Å². The summed E-state index contributed by atoms with van der Waals surface area (Å²) in [6, 6.07) is 3.41. The number of ether oxygens (including phenoxy) is 3. The Kier molecular flexibility index (Phi) is 6.65. The Labute approximate surface area is 140 Å². The van der Waals surface area contributed by atoms with Crippen LogP contribution in [0.3, 0.4) is 0 Å². The molecular weight excluding hydrogens is 320 g/mol. The molecule has 1 atom stereocenters. The molecule has 2 rings (SSSR count). The van der Waals surface area contributed by atoms with Gasteiger partial charge in [-0.05, 0) is 25.8 Å². The van der Waals surface area contributed by atoms with E-state index in [9.17, 15) is 13.6 Å².